The highest BCUT2D eigenvalue weighted by atomic mass is 35.5. The van der Waals surface area contributed by atoms with Gasteiger partial charge in [0.05, 0.1) is 23.9 Å². The van der Waals surface area contributed by atoms with Gasteiger partial charge in [-0.05, 0) is 55.9 Å². The zero-order valence-corrected chi connectivity index (χ0v) is 21.1. The maximum Gasteiger partial charge on any atom is 0.242 e. The molecule has 0 bridgehead atoms. The highest BCUT2D eigenvalue weighted by Gasteiger charge is 2.25. The Hall–Kier alpha value is -3.27. The zero-order chi connectivity index (χ0) is 25.5. The van der Waals surface area contributed by atoms with Gasteiger partial charge in [-0.25, -0.2) is 4.99 Å². The van der Waals surface area contributed by atoms with E-state index in [0.29, 0.717) is 24.0 Å². The Kier molecular flexibility index (Phi) is 8.69. The van der Waals surface area contributed by atoms with E-state index in [2.05, 4.69) is 20.5 Å². The van der Waals surface area contributed by atoms with Crippen LogP contribution in [-0.4, -0.2) is 65.7 Å². The third kappa shape index (κ3) is 6.90. The summed E-state index contributed by atoms with van der Waals surface area (Å²) >= 11 is 6.57. The SMILES string of the molecule is NC(N)=NCC(=O)NCC(=O)N1CCC(c2cc(-c3ccc(OCC4CCCC4)cc3Cl)n[nH]2)CC1. The summed E-state index contributed by atoms with van der Waals surface area (Å²) < 4.78 is 5.96. The van der Waals surface area contributed by atoms with Gasteiger partial charge in [0.1, 0.15) is 12.3 Å². The molecule has 0 radical (unpaired) electrons. The molecule has 1 saturated heterocycles. The van der Waals surface area contributed by atoms with Gasteiger partial charge in [0, 0.05) is 30.3 Å². The number of nitrogens with two attached hydrogens (primary N) is 2. The van der Waals surface area contributed by atoms with Crippen molar-refractivity contribution in [3.8, 4) is 17.0 Å². The Labute approximate surface area is 215 Å². The first kappa shape index (κ1) is 25.8. The molecule has 194 valence electrons. The number of aliphatic imine (C=N–C) groups is 1. The topological polar surface area (TPSA) is 152 Å². The summed E-state index contributed by atoms with van der Waals surface area (Å²) in [6.45, 7) is 1.69. The minimum Gasteiger partial charge on any atom is -0.493 e. The van der Waals surface area contributed by atoms with E-state index in [1.807, 2.05) is 24.3 Å². The predicted octanol–water partition coefficient (Wildman–Crippen LogP) is 2.39. The van der Waals surface area contributed by atoms with E-state index >= 15 is 0 Å². The largest absolute Gasteiger partial charge is 0.493 e. The van der Waals surface area contributed by atoms with E-state index in [0.717, 1.165) is 42.1 Å². The number of H-pyrrole nitrogens is 1. The standard InChI is InChI=1S/C25H34ClN7O3/c26-20-11-18(36-15-16-3-1-2-4-16)5-6-19(20)22-12-21(31-32-22)17-7-9-33(10-8-17)24(35)14-29-23(34)13-30-25(27)28/h5-6,11-12,16-17H,1-4,7-10,13-15H2,(H,29,34)(H,31,32)(H4,27,28,30). The van der Waals surface area contributed by atoms with Crippen molar-refractivity contribution >= 4 is 29.4 Å². The van der Waals surface area contributed by atoms with Gasteiger partial charge in [-0.15, -0.1) is 0 Å². The average molecular weight is 516 g/mol. The normalized spacial score (nSPS) is 16.6. The molecule has 2 amide bonds. The number of rotatable bonds is 9. The van der Waals surface area contributed by atoms with Gasteiger partial charge in [-0.2, -0.15) is 5.10 Å². The number of carbonyl (C=O) groups excluding carboxylic acids is 2. The van der Waals surface area contributed by atoms with Crippen LogP contribution in [0.4, 0.5) is 0 Å². The van der Waals surface area contributed by atoms with Crippen LogP contribution in [0.1, 0.15) is 50.1 Å². The van der Waals surface area contributed by atoms with E-state index in [1.54, 1.807) is 4.90 Å². The molecule has 0 atom stereocenters. The number of aromatic nitrogens is 2. The molecule has 10 nitrogen and oxygen atoms in total. The third-order valence-electron chi connectivity index (χ3n) is 6.90. The average Bonchev–Trinajstić information content (AvgIpc) is 3.57. The van der Waals surface area contributed by atoms with Crippen LogP contribution in [0, 0.1) is 5.92 Å². The number of hydrogen-bond donors (Lipinski definition) is 4. The molecule has 2 heterocycles. The van der Waals surface area contributed by atoms with Crippen LogP contribution in [0.3, 0.4) is 0 Å². The molecule has 1 saturated carbocycles. The van der Waals surface area contributed by atoms with Crippen LogP contribution in [0.2, 0.25) is 5.02 Å². The first-order valence-corrected chi connectivity index (χ1v) is 12.8. The first-order chi connectivity index (χ1) is 17.4. The molecule has 11 heteroatoms. The fraction of sp³-hybridized carbons (Fsp3) is 0.520. The van der Waals surface area contributed by atoms with Crippen molar-refractivity contribution in [1.29, 1.82) is 0 Å². The Balaban J connectivity index is 1.26. The van der Waals surface area contributed by atoms with Crippen LogP contribution < -0.4 is 21.5 Å². The molecule has 36 heavy (non-hydrogen) atoms. The number of aromatic amines is 1. The van der Waals surface area contributed by atoms with E-state index < -0.39 is 5.91 Å². The number of piperidine rings is 1. The maximum atomic E-state index is 12.4. The van der Waals surface area contributed by atoms with Crippen molar-refractivity contribution < 1.29 is 14.3 Å². The number of likely N-dealkylation sites (tertiary alicyclic amines) is 1. The van der Waals surface area contributed by atoms with Crippen molar-refractivity contribution in [3.63, 3.8) is 0 Å². The molecule has 1 aromatic carbocycles. The Bertz CT molecular complexity index is 1090. The van der Waals surface area contributed by atoms with Crippen molar-refractivity contribution in [2.75, 3.05) is 32.8 Å². The van der Waals surface area contributed by atoms with Gasteiger partial charge >= 0.3 is 0 Å². The van der Waals surface area contributed by atoms with Crippen LogP contribution >= 0.6 is 11.6 Å². The molecular weight excluding hydrogens is 482 g/mol. The van der Waals surface area contributed by atoms with E-state index in [4.69, 9.17) is 27.8 Å². The minimum absolute atomic E-state index is 0.0729. The van der Waals surface area contributed by atoms with E-state index in [1.165, 1.54) is 25.7 Å². The molecule has 6 N–H and O–H groups in total. The van der Waals surface area contributed by atoms with Gasteiger partial charge in [0.15, 0.2) is 5.96 Å². The lowest BCUT2D eigenvalue weighted by atomic mass is 9.93. The third-order valence-corrected chi connectivity index (χ3v) is 7.22. The number of ether oxygens (including phenoxy) is 1. The summed E-state index contributed by atoms with van der Waals surface area (Å²) in [6, 6.07) is 7.80. The molecule has 1 aliphatic carbocycles. The monoisotopic (exact) mass is 515 g/mol. The van der Waals surface area contributed by atoms with Gasteiger partial charge in [-0.1, -0.05) is 24.4 Å². The number of hydrogen-bond acceptors (Lipinski definition) is 5. The van der Waals surface area contributed by atoms with Crippen molar-refractivity contribution in [1.82, 2.24) is 20.4 Å². The summed E-state index contributed by atoms with van der Waals surface area (Å²) in [4.78, 5) is 29.5. The molecule has 0 unspecified atom stereocenters. The number of nitrogens with zero attached hydrogens (tertiary/aromatic N) is 3. The number of guanidine groups is 1. The van der Waals surface area contributed by atoms with Crippen molar-refractivity contribution in [2.45, 2.75) is 44.4 Å². The Morgan fingerprint density at radius 1 is 1.17 bits per heavy atom. The summed E-state index contributed by atoms with van der Waals surface area (Å²) in [5, 5.41) is 10.8. The minimum atomic E-state index is -0.399. The second-order valence-electron chi connectivity index (χ2n) is 9.48. The molecule has 1 aliphatic heterocycles. The Morgan fingerprint density at radius 3 is 2.61 bits per heavy atom. The van der Waals surface area contributed by atoms with Crippen molar-refractivity contribution in [3.05, 3.63) is 35.0 Å². The molecule has 2 fully saturated rings. The molecule has 1 aromatic heterocycles. The highest BCUT2D eigenvalue weighted by molar-refractivity contribution is 6.33. The number of nitrogens with one attached hydrogen (secondary N) is 2. The quantitative estimate of drug-likeness (QED) is 0.297. The fourth-order valence-corrected chi connectivity index (χ4v) is 5.08. The van der Waals surface area contributed by atoms with Gasteiger partial charge < -0.3 is 26.4 Å². The maximum absolute atomic E-state index is 12.4. The van der Waals surface area contributed by atoms with Crippen molar-refractivity contribution in [2.24, 2.45) is 22.4 Å². The summed E-state index contributed by atoms with van der Waals surface area (Å²) in [5.41, 5.74) is 13.1. The number of halogens is 1. The van der Waals surface area contributed by atoms with Crippen LogP contribution in [-0.2, 0) is 9.59 Å². The number of benzene rings is 1. The number of amides is 2. The highest BCUT2D eigenvalue weighted by Crippen LogP contribution is 2.34. The van der Waals surface area contributed by atoms with E-state index in [9.17, 15) is 9.59 Å². The summed E-state index contributed by atoms with van der Waals surface area (Å²) in [6.07, 6.45) is 6.68. The molecular formula is C25H34ClN7O3. The summed E-state index contributed by atoms with van der Waals surface area (Å²) in [5.74, 6) is 1.01. The Morgan fingerprint density at radius 2 is 1.92 bits per heavy atom. The lowest BCUT2D eigenvalue weighted by molar-refractivity contribution is -0.133. The second-order valence-corrected chi connectivity index (χ2v) is 9.89. The van der Waals surface area contributed by atoms with Crippen LogP contribution in [0.5, 0.6) is 5.75 Å². The smallest absolute Gasteiger partial charge is 0.242 e. The number of carbonyl (C=O) groups is 2. The van der Waals surface area contributed by atoms with Gasteiger partial charge in [-0.3, -0.25) is 14.7 Å². The van der Waals surface area contributed by atoms with Crippen LogP contribution in [0.25, 0.3) is 11.3 Å². The summed E-state index contributed by atoms with van der Waals surface area (Å²) in [7, 11) is 0. The lowest BCUT2D eigenvalue weighted by Crippen LogP contribution is -2.44. The van der Waals surface area contributed by atoms with Gasteiger partial charge in [0.2, 0.25) is 11.8 Å². The first-order valence-electron chi connectivity index (χ1n) is 12.5. The molecule has 0 spiro atoms. The van der Waals surface area contributed by atoms with Crippen LogP contribution in [0.15, 0.2) is 29.3 Å². The molecule has 4 rings (SSSR count). The zero-order valence-electron chi connectivity index (χ0n) is 20.3. The van der Waals surface area contributed by atoms with E-state index in [-0.39, 0.29) is 30.9 Å². The van der Waals surface area contributed by atoms with Gasteiger partial charge in [0.25, 0.3) is 0 Å². The lowest BCUT2D eigenvalue weighted by Gasteiger charge is -2.31. The molecule has 2 aromatic rings. The predicted molar refractivity (Wildman–Crippen MR) is 139 cm³/mol. The second kappa shape index (κ2) is 12.1. The molecule has 2 aliphatic rings. The fourth-order valence-electron chi connectivity index (χ4n) is 4.81.